The molecule has 1 saturated heterocycles. The lowest BCUT2D eigenvalue weighted by atomic mass is 9.79. The van der Waals surface area contributed by atoms with Gasteiger partial charge in [-0.15, -0.1) is 0 Å². The van der Waals surface area contributed by atoms with Crippen molar-refractivity contribution >= 4 is 29.1 Å². The molecule has 28 heavy (non-hydrogen) atoms. The Kier molecular flexibility index (Phi) is 4.89. The van der Waals surface area contributed by atoms with Gasteiger partial charge in [-0.3, -0.25) is 14.5 Å². The van der Waals surface area contributed by atoms with Gasteiger partial charge in [0.2, 0.25) is 5.91 Å². The van der Waals surface area contributed by atoms with Gasteiger partial charge in [0.05, 0.1) is 6.04 Å². The Balaban J connectivity index is 1.97. The Morgan fingerprint density at radius 1 is 1.18 bits per heavy atom. The van der Waals surface area contributed by atoms with E-state index in [1.165, 1.54) is 0 Å². The fourth-order valence-electron chi connectivity index (χ4n) is 4.56. The molecule has 0 spiro atoms. The van der Waals surface area contributed by atoms with Crippen molar-refractivity contribution in [1.29, 1.82) is 0 Å². The van der Waals surface area contributed by atoms with Crippen LogP contribution in [0.5, 0.6) is 0 Å². The molecule has 0 radical (unpaired) electrons. The summed E-state index contributed by atoms with van der Waals surface area (Å²) in [5.41, 5.74) is 1.35. The molecule has 2 atom stereocenters. The predicted octanol–water partition coefficient (Wildman–Crippen LogP) is 3.48. The van der Waals surface area contributed by atoms with Crippen molar-refractivity contribution in [1.82, 2.24) is 9.80 Å². The molecule has 0 aromatic heterocycles. The zero-order chi connectivity index (χ0) is 19.9. The smallest absolute Gasteiger partial charge is 0.254 e. The largest absolute Gasteiger partial charge is 0.347 e. The third-order valence-corrected chi connectivity index (χ3v) is 6.03. The molecule has 1 unspecified atom stereocenters. The average molecular weight is 398 g/mol. The summed E-state index contributed by atoms with van der Waals surface area (Å²) in [6.07, 6.45) is 2.64. The molecule has 146 valence electrons. The monoisotopic (exact) mass is 397 g/mol. The summed E-state index contributed by atoms with van der Waals surface area (Å²) in [4.78, 5) is 30.3. The van der Waals surface area contributed by atoms with Gasteiger partial charge in [-0.2, -0.15) is 0 Å². The standard InChI is InChI=1S/C22H24ClN3O2/c1-25(2)20(27)19-10-6-7-13-26(19)22(15-8-4-3-5-9-15)17-14-16(23)11-12-18(17)24-21(22)28/h3-5,8-9,11-12,14,19H,6-7,10,13H2,1-2H3,(H,24,28)/t19-,22?/m0/s1. The summed E-state index contributed by atoms with van der Waals surface area (Å²) < 4.78 is 0. The molecule has 2 aromatic rings. The first-order valence-electron chi connectivity index (χ1n) is 9.61. The second-order valence-electron chi connectivity index (χ2n) is 7.66. The van der Waals surface area contributed by atoms with Crippen molar-refractivity contribution in [3.05, 3.63) is 64.7 Å². The lowest BCUT2D eigenvalue weighted by molar-refractivity contribution is -0.142. The number of likely N-dealkylation sites (N-methyl/N-ethyl adjacent to an activating group) is 1. The fourth-order valence-corrected chi connectivity index (χ4v) is 4.74. The van der Waals surface area contributed by atoms with Gasteiger partial charge >= 0.3 is 0 Å². The number of hydrogen-bond donors (Lipinski definition) is 1. The zero-order valence-corrected chi connectivity index (χ0v) is 16.9. The summed E-state index contributed by atoms with van der Waals surface area (Å²) in [5, 5.41) is 3.61. The maximum absolute atomic E-state index is 13.6. The van der Waals surface area contributed by atoms with Crippen molar-refractivity contribution < 1.29 is 9.59 Å². The maximum Gasteiger partial charge on any atom is 0.254 e. The number of piperidine rings is 1. The van der Waals surface area contributed by atoms with Crippen LogP contribution in [0.4, 0.5) is 5.69 Å². The first-order valence-corrected chi connectivity index (χ1v) is 9.99. The molecule has 2 amide bonds. The highest BCUT2D eigenvalue weighted by atomic mass is 35.5. The van der Waals surface area contributed by atoms with E-state index < -0.39 is 5.54 Å². The van der Waals surface area contributed by atoms with Crippen LogP contribution in [0, 0.1) is 0 Å². The second-order valence-corrected chi connectivity index (χ2v) is 8.09. The highest BCUT2D eigenvalue weighted by molar-refractivity contribution is 6.31. The van der Waals surface area contributed by atoms with Crippen LogP contribution in [0.2, 0.25) is 5.02 Å². The van der Waals surface area contributed by atoms with Crippen LogP contribution in [0.25, 0.3) is 0 Å². The SMILES string of the molecule is CN(C)C(=O)[C@@H]1CCCCN1C1(c2ccccc2)C(=O)Nc2ccc(Cl)cc21. The van der Waals surface area contributed by atoms with Gasteiger partial charge in [-0.05, 0) is 36.6 Å². The summed E-state index contributed by atoms with van der Waals surface area (Å²) in [7, 11) is 3.54. The molecule has 2 aliphatic heterocycles. The Hall–Kier alpha value is -2.37. The van der Waals surface area contributed by atoms with E-state index in [1.54, 1.807) is 25.1 Å². The highest BCUT2D eigenvalue weighted by Gasteiger charge is 2.56. The lowest BCUT2D eigenvalue weighted by Gasteiger charge is -2.47. The molecule has 6 heteroatoms. The van der Waals surface area contributed by atoms with Gasteiger partial charge in [-0.1, -0.05) is 48.4 Å². The van der Waals surface area contributed by atoms with E-state index in [4.69, 9.17) is 11.6 Å². The lowest BCUT2D eigenvalue weighted by Crippen LogP contribution is -2.61. The van der Waals surface area contributed by atoms with E-state index in [9.17, 15) is 9.59 Å². The predicted molar refractivity (Wildman–Crippen MR) is 110 cm³/mol. The molecular weight excluding hydrogens is 374 g/mol. The minimum absolute atomic E-state index is 0.0262. The van der Waals surface area contributed by atoms with Crippen LogP contribution in [0.15, 0.2) is 48.5 Å². The van der Waals surface area contributed by atoms with E-state index in [0.29, 0.717) is 11.6 Å². The number of fused-ring (bicyclic) bond motifs is 1. The maximum atomic E-state index is 13.6. The number of anilines is 1. The van der Waals surface area contributed by atoms with Crippen LogP contribution in [0.3, 0.4) is 0 Å². The number of benzene rings is 2. The molecule has 0 saturated carbocycles. The van der Waals surface area contributed by atoms with Crippen molar-refractivity contribution in [3.63, 3.8) is 0 Å². The topological polar surface area (TPSA) is 52.7 Å². The Bertz CT molecular complexity index is 915. The minimum Gasteiger partial charge on any atom is -0.347 e. The molecular formula is C22H24ClN3O2. The number of nitrogens with one attached hydrogen (secondary N) is 1. The summed E-state index contributed by atoms with van der Waals surface area (Å²) in [6.45, 7) is 0.665. The molecule has 0 aliphatic carbocycles. The van der Waals surface area contributed by atoms with Gasteiger partial charge in [0.1, 0.15) is 0 Å². The third-order valence-electron chi connectivity index (χ3n) is 5.80. The Morgan fingerprint density at radius 2 is 1.93 bits per heavy atom. The summed E-state index contributed by atoms with van der Waals surface area (Å²) in [6, 6.07) is 14.8. The average Bonchev–Trinajstić information content (AvgIpc) is 3.00. The first kappa shape index (κ1) is 19.0. The van der Waals surface area contributed by atoms with Gasteiger partial charge in [0.15, 0.2) is 5.54 Å². The zero-order valence-electron chi connectivity index (χ0n) is 16.1. The fraction of sp³-hybridized carbons (Fsp3) is 0.364. The number of likely N-dealkylation sites (tertiary alicyclic amines) is 1. The second kappa shape index (κ2) is 7.22. The van der Waals surface area contributed by atoms with Crippen molar-refractivity contribution in [2.45, 2.75) is 30.8 Å². The van der Waals surface area contributed by atoms with E-state index in [0.717, 1.165) is 36.1 Å². The molecule has 0 bridgehead atoms. The number of hydrogen-bond acceptors (Lipinski definition) is 3. The molecule has 4 rings (SSSR count). The normalized spacial score (nSPS) is 24.5. The number of amides is 2. The number of carbonyl (C=O) groups is 2. The van der Waals surface area contributed by atoms with E-state index in [-0.39, 0.29) is 17.9 Å². The number of rotatable bonds is 3. The van der Waals surface area contributed by atoms with E-state index >= 15 is 0 Å². The van der Waals surface area contributed by atoms with E-state index in [1.807, 2.05) is 42.5 Å². The van der Waals surface area contributed by atoms with Gasteiger partial charge in [-0.25, -0.2) is 0 Å². The minimum atomic E-state index is -1.07. The Morgan fingerprint density at radius 3 is 2.64 bits per heavy atom. The first-order chi connectivity index (χ1) is 13.5. The number of carbonyl (C=O) groups excluding carboxylic acids is 2. The molecule has 2 aromatic carbocycles. The number of halogens is 1. The van der Waals surface area contributed by atoms with E-state index in [2.05, 4.69) is 10.2 Å². The number of nitrogens with zero attached hydrogens (tertiary/aromatic N) is 2. The van der Waals surface area contributed by atoms with Crippen LogP contribution in [-0.4, -0.2) is 48.3 Å². The molecule has 2 heterocycles. The van der Waals surface area contributed by atoms with Gasteiger partial charge in [0, 0.05) is 36.9 Å². The quantitative estimate of drug-likeness (QED) is 0.862. The Labute approximate surface area is 170 Å². The molecule has 1 fully saturated rings. The highest BCUT2D eigenvalue weighted by Crippen LogP contribution is 2.48. The van der Waals surface area contributed by atoms with Crippen molar-refractivity contribution in [2.24, 2.45) is 0 Å². The summed E-state index contributed by atoms with van der Waals surface area (Å²) in [5.74, 6) is -0.104. The van der Waals surface area contributed by atoms with Gasteiger partial charge in [0.25, 0.3) is 5.91 Å². The van der Waals surface area contributed by atoms with Crippen LogP contribution in [0.1, 0.15) is 30.4 Å². The van der Waals surface area contributed by atoms with Crippen LogP contribution >= 0.6 is 11.6 Å². The third kappa shape index (κ3) is 2.81. The molecule has 2 aliphatic rings. The van der Waals surface area contributed by atoms with Crippen molar-refractivity contribution in [2.75, 3.05) is 26.0 Å². The van der Waals surface area contributed by atoms with Gasteiger partial charge < -0.3 is 10.2 Å². The van der Waals surface area contributed by atoms with Crippen LogP contribution < -0.4 is 5.32 Å². The summed E-state index contributed by atoms with van der Waals surface area (Å²) >= 11 is 6.34. The van der Waals surface area contributed by atoms with Crippen LogP contribution in [-0.2, 0) is 15.1 Å². The molecule has 1 N–H and O–H groups in total. The molecule has 5 nitrogen and oxygen atoms in total. The van der Waals surface area contributed by atoms with Crippen molar-refractivity contribution in [3.8, 4) is 0 Å².